The first-order valence-electron chi connectivity index (χ1n) is 7.90. The van der Waals surface area contributed by atoms with Gasteiger partial charge in [0.2, 0.25) is 0 Å². The molecule has 0 unspecified atom stereocenters. The molecule has 1 aromatic rings. The largest absolute Gasteiger partial charge is 0.313 e. The molecule has 0 saturated carbocycles. The lowest BCUT2D eigenvalue weighted by molar-refractivity contribution is 0.123. The molecule has 20 heavy (non-hydrogen) atoms. The fraction of sp³-hybridized carbons (Fsp3) is 0.667. The molecule has 1 fully saturated rings. The highest BCUT2D eigenvalue weighted by atomic mass is 15.0. The van der Waals surface area contributed by atoms with E-state index < -0.39 is 0 Å². The molecule has 0 spiro atoms. The standard InChI is InChI=1S/C18H30N2/c1-17(2)12-16(13-18(3,4)20-17)10-11-19-14-15-8-6-5-7-9-15/h5-9,16,19-20H,10-14H2,1-4H3. The summed E-state index contributed by atoms with van der Waals surface area (Å²) < 4.78 is 0. The Bertz CT molecular complexity index is 393. The fourth-order valence-corrected chi connectivity index (χ4v) is 3.87. The molecule has 2 nitrogen and oxygen atoms in total. The van der Waals surface area contributed by atoms with E-state index in [2.05, 4.69) is 68.7 Å². The van der Waals surface area contributed by atoms with Gasteiger partial charge in [-0.05, 0) is 65.0 Å². The van der Waals surface area contributed by atoms with Crippen LogP contribution in [-0.4, -0.2) is 17.6 Å². The van der Waals surface area contributed by atoms with Crippen LogP contribution in [0.3, 0.4) is 0 Å². The molecule has 1 aliphatic heterocycles. The summed E-state index contributed by atoms with van der Waals surface area (Å²) in [7, 11) is 0. The van der Waals surface area contributed by atoms with Crippen LogP contribution in [-0.2, 0) is 6.54 Å². The highest BCUT2D eigenvalue weighted by Crippen LogP contribution is 2.34. The third-order valence-corrected chi connectivity index (χ3v) is 4.18. The summed E-state index contributed by atoms with van der Waals surface area (Å²) in [6.45, 7) is 11.4. The molecule has 0 aromatic heterocycles. The van der Waals surface area contributed by atoms with E-state index in [1.54, 1.807) is 0 Å². The van der Waals surface area contributed by atoms with Crippen LogP contribution in [0.25, 0.3) is 0 Å². The summed E-state index contributed by atoms with van der Waals surface area (Å²) in [6.07, 6.45) is 3.84. The molecule has 1 aliphatic rings. The Morgan fingerprint density at radius 1 is 1.05 bits per heavy atom. The second kappa shape index (κ2) is 6.28. The zero-order valence-corrected chi connectivity index (χ0v) is 13.5. The summed E-state index contributed by atoms with van der Waals surface area (Å²) in [5.41, 5.74) is 1.91. The first-order valence-corrected chi connectivity index (χ1v) is 7.90. The van der Waals surface area contributed by atoms with Crippen molar-refractivity contribution in [3.05, 3.63) is 35.9 Å². The minimum absolute atomic E-state index is 0.270. The molecule has 0 atom stereocenters. The summed E-state index contributed by atoms with van der Waals surface area (Å²) in [5.74, 6) is 0.824. The molecule has 2 rings (SSSR count). The smallest absolute Gasteiger partial charge is 0.0205 e. The molecule has 2 heteroatoms. The SMILES string of the molecule is CC1(C)CC(CCNCc2ccccc2)CC(C)(C)N1. The molecular formula is C18H30N2. The summed E-state index contributed by atoms with van der Waals surface area (Å²) in [5, 5.41) is 7.34. The molecule has 2 N–H and O–H groups in total. The number of piperidine rings is 1. The van der Waals surface area contributed by atoms with Crippen LogP contribution in [0.2, 0.25) is 0 Å². The molecule has 1 saturated heterocycles. The van der Waals surface area contributed by atoms with Gasteiger partial charge in [0.1, 0.15) is 0 Å². The second-order valence-corrected chi connectivity index (χ2v) is 7.62. The van der Waals surface area contributed by atoms with Crippen molar-refractivity contribution >= 4 is 0 Å². The van der Waals surface area contributed by atoms with Gasteiger partial charge in [-0.25, -0.2) is 0 Å². The normalized spacial score (nSPS) is 21.8. The molecular weight excluding hydrogens is 244 g/mol. The van der Waals surface area contributed by atoms with Crippen molar-refractivity contribution in [1.29, 1.82) is 0 Å². The zero-order chi connectivity index (χ0) is 14.6. The molecule has 0 bridgehead atoms. The van der Waals surface area contributed by atoms with E-state index in [0.717, 1.165) is 19.0 Å². The van der Waals surface area contributed by atoms with Crippen molar-refractivity contribution in [3.63, 3.8) is 0 Å². The van der Waals surface area contributed by atoms with E-state index in [1.165, 1.54) is 24.8 Å². The molecule has 112 valence electrons. The Balaban J connectivity index is 1.74. The average Bonchev–Trinajstić information content (AvgIpc) is 2.32. The van der Waals surface area contributed by atoms with Crippen molar-refractivity contribution in [2.75, 3.05) is 6.54 Å². The number of hydrogen-bond donors (Lipinski definition) is 2. The predicted octanol–water partition coefficient (Wildman–Crippen LogP) is 3.72. The van der Waals surface area contributed by atoms with Crippen LogP contribution in [0.4, 0.5) is 0 Å². The van der Waals surface area contributed by atoms with Gasteiger partial charge in [0.25, 0.3) is 0 Å². The number of hydrogen-bond acceptors (Lipinski definition) is 2. The van der Waals surface area contributed by atoms with Crippen molar-refractivity contribution in [2.24, 2.45) is 5.92 Å². The van der Waals surface area contributed by atoms with Crippen LogP contribution in [0, 0.1) is 5.92 Å². The van der Waals surface area contributed by atoms with Gasteiger partial charge >= 0.3 is 0 Å². The predicted molar refractivity (Wildman–Crippen MR) is 86.8 cm³/mol. The van der Waals surface area contributed by atoms with Crippen LogP contribution in [0.1, 0.15) is 52.5 Å². The van der Waals surface area contributed by atoms with E-state index in [9.17, 15) is 0 Å². The van der Waals surface area contributed by atoms with Crippen LogP contribution in [0.5, 0.6) is 0 Å². The first kappa shape index (κ1) is 15.5. The Hall–Kier alpha value is -0.860. The third-order valence-electron chi connectivity index (χ3n) is 4.18. The second-order valence-electron chi connectivity index (χ2n) is 7.62. The molecule has 0 amide bonds. The van der Waals surface area contributed by atoms with E-state index in [1.807, 2.05) is 0 Å². The van der Waals surface area contributed by atoms with E-state index in [4.69, 9.17) is 0 Å². The average molecular weight is 274 g/mol. The fourth-order valence-electron chi connectivity index (χ4n) is 3.87. The molecule has 0 aliphatic carbocycles. The minimum Gasteiger partial charge on any atom is -0.313 e. The maximum Gasteiger partial charge on any atom is 0.0205 e. The van der Waals surface area contributed by atoms with E-state index in [-0.39, 0.29) is 11.1 Å². The summed E-state index contributed by atoms with van der Waals surface area (Å²) in [4.78, 5) is 0. The van der Waals surface area contributed by atoms with Gasteiger partial charge in [-0.15, -0.1) is 0 Å². The molecule has 1 aromatic carbocycles. The van der Waals surface area contributed by atoms with Crippen LogP contribution < -0.4 is 10.6 Å². The highest BCUT2D eigenvalue weighted by Gasteiger charge is 2.37. The van der Waals surface area contributed by atoms with Gasteiger partial charge in [0, 0.05) is 17.6 Å². The van der Waals surface area contributed by atoms with Crippen molar-refractivity contribution in [2.45, 2.75) is 64.6 Å². The summed E-state index contributed by atoms with van der Waals surface area (Å²) >= 11 is 0. The highest BCUT2D eigenvalue weighted by molar-refractivity contribution is 5.14. The van der Waals surface area contributed by atoms with Gasteiger partial charge in [0.05, 0.1) is 0 Å². The number of nitrogens with one attached hydrogen (secondary N) is 2. The first-order chi connectivity index (χ1) is 9.36. The molecule has 1 heterocycles. The summed E-state index contributed by atoms with van der Waals surface area (Å²) in [6, 6.07) is 10.7. The van der Waals surface area contributed by atoms with Gasteiger partial charge in [-0.3, -0.25) is 0 Å². The van der Waals surface area contributed by atoms with Crippen molar-refractivity contribution < 1.29 is 0 Å². The van der Waals surface area contributed by atoms with E-state index >= 15 is 0 Å². The Labute approximate surface area is 124 Å². The van der Waals surface area contributed by atoms with Gasteiger partial charge < -0.3 is 10.6 Å². The monoisotopic (exact) mass is 274 g/mol. The Kier molecular flexibility index (Phi) is 4.87. The third kappa shape index (κ3) is 4.92. The van der Waals surface area contributed by atoms with E-state index in [0.29, 0.717) is 0 Å². The number of benzene rings is 1. The van der Waals surface area contributed by atoms with Crippen LogP contribution in [0.15, 0.2) is 30.3 Å². The van der Waals surface area contributed by atoms with Gasteiger partial charge in [-0.2, -0.15) is 0 Å². The number of rotatable bonds is 5. The maximum absolute atomic E-state index is 3.76. The van der Waals surface area contributed by atoms with Crippen LogP contribution >= 0.6 is 0 Å². The quantitative estimate of drug-likeness (QED) is 0.800. The zero-order valence-electron chi connectivity index (χ0n) is 13.5. The minimum atomic E-state index is 0.270. The Morgan fingerprint density at radius 3 is 2.25 bits per heavy atom. The van der Waals surface area contributed by atoms with Crippen molar-refractivity contribution in [1.82, 2.24) is 10.6 Å². The Morgan fingerprint density at radius 2 is 1.65 bits per heavy atom. The van der Waals surface area contributed by atoms with Gasteiger partial charge in [0.15, 0.2) is 0 Å². The van der Waals surface area contributed by atoms with Gasteiger partial charge in [-0.1, -0.05) is 30.3 Å². The lowest BCUT2D eigenvalue weighted by Gasteiger charge is -2.46. The molecule has 0 radical (unpaired) electrons. The van der Waals surface area contributed by atoms with Crippen molar-refractivity contribution in [3.8, 4) is 0 Å². The topological polar surface area (TPSA) is 24.1 Å². The lowest BCUT2D eigenvalue weighted by atomic mass is 9.75. The maximum atomic E-state index is 3.76. The lowest BCUT2D eigenvalue weighted by Crippen LogP contribution is -2.57.